The Balaban J connectivity index is 0.00000180. The lowest BCUT2D eigenvalue weighted by Crippen LogP contribution is -2.52. The Labute approximate surface area is 133 Å². The molecule has 1 aliphatic rings. The summed E-state index contributed by atoms with van der Waals surface area (Å²) in [5.74, 6) is 0.124. The van der Waals surface area contributed by atoms with Crippen LogP contribution in [-0.2, 0) is 6.54 Å². The largest absolute Gasteiger partial charge is 0.333 e. The zero-order valence-electron chi connectivity index (χ0n) is 11.9. The standard InChI is InChI=1S/C14H21N3O.2ClH/c1-11-10-16(2)7-8-17(11)14(18)13-5-3-12(9-15)4-6-13;;/h3-6,11H,7-10,15H2,1-2H3;2*1H. The number of nitrogens with zero attached hydrogens (tertiary/aromatic N) is 2. The van der Waals surface area contributed by atoms with Crippen LogP contribution in [0.3, 0.4) is 0 Å². The van der Waals surface area contributed by atoms with Crippen LogP contribution in [0, 0.1) is 0 Å². The molecular formula is C14H23Cl2N3O. The minimum atomic E-state index is 0. The van der Waals surface area contributed by atoms with Crippen LogP contribution in [0.15, 0.2) is 24.3 Å². The van der Waals surface area contributed by atoms with Crippen molar-refractivity contribution in [3.05, 3.63) is 35.4 Å². The third kappa shape index (κ3) is 4.35. The molecule has 20 heavy (non-hydrogen) atoms. The summed E-state index contributed by atoms with van der Waals surface area (Å²) in [6.45, 7) is 5.29. The number of likely N-dealkylation sites (N-methyl/N-ethyl adjacent to an activating group) is 1. The highest BCUT2D eigenvalue weighted by Crippen LogP contribution is 2.13. The van der Waals surface area contributed by atoms with Gasteiger partial charge in [-0.1, -0.05) is 12.1 Å². The highest BCUT2D eigenvalue weighted by molar-refractivity contribution is 5.94. The van der Waals surface area contributed by atoms with Gasteiger partial charge in [0.25, 0.3) is 5.91 Å². The van der Waals surface area contributed by atoms with Crippen molar-refractivity contribution in [1.29, 1.82) is 0 Å². The van der Waals surface area contributed by atoms with Crippen molar-refractivity contribution in [2.45, 2.75) is 19.5 Å². The number of carbonyl (C=O) groups excluding carboxylic acids is 1. The number of nitrogens with two attached hydrogens (primary N) is 1. The fourth-order valence-corrected chi connectivity index (χ4v) is 2.39. The Morgan fingerprint density at radius 2 is 1.85 bits per heavy atom. The molecule has 0 aliphatic carbocycles. The van der Waals surface area contributed by atoms with Crippen molar-refractivity contribution >= 4 is 30.7 Å². The smallest absolute Gasteiger partial charge is 0.254 e. The predicted molar refractivity (Wildman–Crippen MR) is 86.8 cm³/mol. The maximum atomic E-state index is 12.4. The normalized spacial score (nSPS) is 18.9. The lowest BCUT2D eigenvalue weighted by Gasteiger charge is -2.38. The van der Waals surface area contributed by atoms with Crippen molar-refractivity contribution < 1.29 is 4.79 Å². The summed E-state index contributed by atoms with van der Waals surface area (Å²) in [5, 5.41) is 0. The van der Waals surface area contributed by atoms with E-state index in [2.05, 4.69) is 18.9 Å². The molecule has 4 nitrogen and oxygen atoms in total. The van der Waals surface area contributed by atoms with Crippen LogP contribution in [0.5, 0.6) is 0 Å². The Morgan fingerprint density at radius 3 is 2.35 bits per heavy atom. The van der Waals surface area contributed by atoms with Gasteiger partial charge in [0.15, 0.2) is 0 Å². The molecule has 6 heteroatoms. The molecule has 0 radical (unpaired) electrons. The summed E-state index contributed by atoms with van der Waals surface area (Å²) in [7, 11) is 2.09. The van der Waals surface area contributed by atoms with Gasteiger partial charge in [0, 0.05) is 37.8 Å². The maximum Gasteiger partial charge on any atom is 0.254 e. The second kappa shape index (κ2) is 8.47. The average Bonchev–Trinajstić information content (AvgIpc) is 2.38. The van der Waals surface area contributed by atoms with Gasteiger partial charge in [-0.15, -0.1) is 24.8 Å². The minimum Gasteiger partial charge on any atom is -0.333 e. The van der Waals surface area contributed by atoms with Gasteiger partial charge in [-0.05, 0) is 31.7 Å². The van der Waals surface area contributed by atoms with Gasteiger partial charge >= 0.3 is 0 Å². The van der Waals surface area contributed by atoms with E-state index in [9.17, 15) is 4.79 Å². The Kier molecular flexibility index (Phi) is 8.13. The molecule has 1 atom stereocenters. The van der Waals surface area contributed by atoms with E-state index in [0.717, 1.165) is 30.8 Å². The number of hydrogen-bond acceptors (Lipinski definition) is 3. The number of piperazine rings is 1. The van der Waals surface area contributed by atoms with Gasteiger partial charge in [-0.2, -0.15) is 0 Å². The quantitative estimate of drug-likeness (QED) is 0.903. The molecule has 0 bridgehead atoms. The van der Waals surface area contributed by atoms with E-state index in [0.29, 0.717) is 6.54 Å². The van der Waals surface area contributed by atoms with Crippen molar-refractivity contribution in [2.24, 2.45) is 5.73 Å². The molecule has 2 rings (SSSR count). The van der Waals surface area contributed by atoms with Crippen molar-refractivity contribution in [3.63, 3.8) is 0 Å². The van der Waals surface area contributed by atoms with Crippen LogP contribution in [0.1, 0.15) is 22.8 Å². The molecular weight excluding hydrogens is 297 g/mol. The first-order valence-electron chi connectivity index (χ1n) is 6.40. The lowest BCUT2D eigenvalue weighted by atomic mass is 10.1. The van der Waals surface area contributed by atoms with E-state index in [1.54, 1.807) is 0 Å². The molecule has 1 heterocycles. The summed E-state index contributed by atoms with van der Waals surface area (Å²) in [5.41, 5.74) is 7.36. The van der Waals surface area contributed by atoms with Crippen LogP contribution >= 0.6 is 24.8 Å². The maximum absolute atomic E-state index is 12.4. The zero-order valence-corrected chi connectivity index (χ0v) is 13.5. The van der Waals surface area contributed by atoms with E-state index < -0.39 is 0 Å². The van der Waals surface area contributed by atoms with E-state index in [1.165, 1.54) is 0 Å². The molecule has 1 aromatic carbocycles. The molecule has 0 spiro atoms. The number of benzene rings is 1. The Bertz CT molecular complexity index is 425. The minimum absolute atomic E-state index is 0. The van der Waals surface area contributed by atoms with E-state index in [4.69, 9.17) is 5.73 Å². The number of halogens is 2. The third-order valence-electron chi connectivity index (χ3n) is 3.53. The Hall–Kier alpha value is -0.810. The van der Waals surface area contributed by atoms with Crippen LogP contribution in [0.2, 0.25) is 0 Å². The fourth-order valence-electron chi connectivity index (χ4n) is 2.39. The van der Waals surface area contributed by atoms with Gasteiger partial charge in [0.05, 0.1) is 0 Å². The number of carbonyl (C=O) groups is 1. The van der Waals surface area contributed by atoms with Gasteiger partial charge in [0.2, 0.25) is 0 Å². The monoisotopic (exact) mass is 319 g/mol. The molecule has 114 valence electrons. The van der Waals surface area contributed by atoms with Crippen molar-refractivity contribution in [3.8, 4) is 0 Å². The number of rotatable bonds is 2. The Morgan fingerprint density at radius 1 is 1.25 bits per heavy atom. The molecule has 0 aromatic heterocycles. The lowest BCUT2D eigenvalue weighted by molar-refractivity contribution is 0.0533. The first kappa shape index (κ1) is 19.2. The topological polar surface area (TPSA) is 49.6 Å². The first-order valence-corrected chi connectivity index (χ1v) is 6.40. The van der Waals surface area contributed by atoms with Gasteiger partial charge in [-0.3, -0.25) is 4.79 Å². The average molecular weight is 320 g/mol. The summed E-state index contributed by atoms with van der Waals surface area (Å²) in [6, 6.07) is 7.86. The molecule has 1 unspecified atom stereocenters. The number of amides is 1. The van der Waals surface area contributed by atoms with Gasteiger partial charge < -0.3 is 15.5 Å². The van der Waals surface area contributed by atoms with Crippen LogP contribution in [0.4, 0.5) is 0 Å². The SMILES string of the molecule is CC1CN(C)CCN1C(=O)c1ccc(CN)cc1.Cl.Cl. The van der Waals surface area contributed by atoms with Crippen molar-refractivity contribution in [1.82, 2.24) is 9.80 Å². The summed E-state index contributed by atoms with van der Waals surface area (Å²) < 4.78 is 0. The van der Waals surface area contributed by atoms with Crippen LogP contribution in [-0.4, -0.2) is 48.4 Å². The third-order valence-corrected chi connectivity index (χ3v) is 3.53. The highest BCUT2D eigenvalue weighted by Gasteiger charge is 2.26. The highest BCUT2D eigenvalue weighted by atomic mass is 35.5. The van der Waals surface area contributed by atoms with Crippen LogP contribution in [0.25, 0.3) is 0 Å². The van der Waals surface area contributed by atoms with E-state index in [1.807, 2.05) is 29.2 Å². The van der Waals surface area contributed by atoms with Crippen LogP contribution < -0.4 is 5.73 Å². The molecule has 1 aliphatic heterocycles. The molecule has 1 amide bonds. The summed E-state index contributed by atoms with van der Waals surface area (Å²) in [6.07, 6.45) is 0. The van der Waals surface area contributed by atoms with Gasteiger partial charge in [0.1, 0.15) is 0 Å². The van der Waals surface area contributed by atoms with E-state index in [-0.39, 0.29) is 36.8 Å². The zero-order chi connectivity index (χ0) is 13.1. The number of hydrogen-bond donors (Lipinski definition) is 1. The molecule has 2 N–H and O–H groups in total. The second-order valence-corrected chi connectivity index (χ2v) is 5.01. The molecule has 1 aromatic rings. The van der Waals surface area contributed by atoms with Crippen molar-refractivity contribution in [2.75, 3.05) is 26.7 Å². The predicted octanol–water partition coefficient (Wildman–Crippen LogP) is 1.77. The fraction of sp³-hybridized carbons (Fsp3) is 0.500. The first-order chi connectivity index (χ1) is 8.61. The molecule has 1 fully saturated rings. The molecule has 0 saturated carbocycles. The summed E-state index contributed by atoms with van der Waals surface area (Å²) >= 11 is 0. The summed E-state index contributed by atoms with van der Waals surface area (Å²) in [4.78, 5) is 16.6. The van der Waals surface area contributed by atoms with E-state index >= 15 is 0 Å². The second-order valence-electron chi connectivity index (χ2n) is 5.01. The van der Waals surface area contributed by atoms with Gasteiger partial charge in [-0.25, -0.2) is 0 Å². The molecule has 1 saturated heterocycles.